The summed E-state index contributed by atoms with van der Waals surface area (Å²) in [5.74, 6) is -1.29. The molecule has 1 aliphatic heterocycles. The summed E-state index contributed by atoms with van der Waals surface area (Å²) in [5.41, 5.74) is 4.81. The average Bonchev–Trinajstić information content (AvgIpc) is 3.15. The molecule has 1 aliphatic rings. The van der Waals surface area contributed by atoms with Crippen LogP contribution >= 0.6 is 11.3 Å². The highest BCUT2D eigenvalue weighted by molar-refractivity contribution is 7.17. The van der Waals surface area contributed by atoms with Gasteiger partial charge in [0.25, 0.3) is 0 Å². The number of rotatable bonds is 2. The third-order valence-corrected chi connectivity index (χ3v) is 5.90. The molecule has 2 aromatic heterocycles. The quantitative estimate of drug-likeness (QED) is 0.636. The fourth-order valence-corrected chi connectivity index (χ4v) is 4.33. The molecule has 1 atom stereocenters. The van der Waals surface area contributed by atoms with E-state index < -0.39 is 12.1 Å². The van der Waals surface area contributed by atoms with Crippen molar-refractivity contribution in [2.45, 2.75) is 39.8 Å². The van der Waals surface area contributed by atoms with Crippen molar-refractivity contribution in [1.82, 2.24) is 9.88 Å². The van der Waals surface area contributed by atoms with Gasteiger partial charge >= 0.3 is 5.97 Å². The number of carboxylic acids is 1. The van der Waals surface area contributed by atoms with Crippen LogP contribution in [0.5, 0.6) is 0 Å². The topological polar surface area (TPSA) is 76.6 Å². The number of likely N-dealkylation sites (N-methyl/N-ethyl adjacent to an activating group) is 1. The number of aliphatic hydroxyl groups excluding tert-OH is 1. The van der Waals surface area contributed by atoms with Gasteiger partial charge in [0.2, 0.25) is 0 Å². The number of H-pyrrole nitrogens is 1. The van der Waals surface area contributed by atoms with E-state index in [0.29, 0.717) is 0 Å². The summed E-state index contributed by atoms with van der Waals surface area (Å²) in [5, 5.41) is 20.2. The van der Waals surface area contributed by atoms with E-state index in [1.807, 2.05) is 0 Å². The molecule has 4 rings (SSSR count). The highest BCUT2D eigenvalue weighted by Crippen LogP contribution is 2.39. The van der Waals surface area contributed by atoms with E-state index in [1.165, 1.54) is 40.5 Å². The van der Waals surface area contributed by atoms with E-state index in [1.54, 1.807) is 6.07 Å². The number of aromatic nitrogens is 1. The molecular formula is C19H23FN2O3S. The molecule has 0 bridgehead atoms. The number of fused-ring (bicyclic) bond motifs is 5. The minimum Gasteiger partial charge on any atom is -0.479 e. The molecule has 1 aromatic carbocycles. The van der Waals surface area contributed by atoms with Crippen molar-refractivity contribution < 1.29 is 19.4 Å². The second-order valence-corrected chi connectivity index (χ2v) is 7.50. The lowest BCUT2D eigenvalue weighted by atomic mass is 10.0. The van der Waals surface area contributed by atoms with Crippen LogP contribution in [-0.2, 0) is 17.8 Å². The molecule has 7 heteroatoms. The minimum atomic E-state index is -1.23. The van der Waals surface area contributed by atoms with Gasteiger partial charge in [0, 0.05) is 41.5 Å². The highest BCUT2D eigenvalue weighted by atomic mass is 32.1. The van der Waals surface area contributed by atoms with Crippen LogP contribution in [0.2, 0.25) is 0 Å². The molecule has 26 heavy (non-hydrogen) atoms. The summed E-state index contributed by atoms with van der Waals surface area (Å²) < 4.78 is 15.0. The lowest BCUT2D eigenvalue weighted by Gasteiger charge is -2.25. The molecular weight excluding hydrogens is 355 g/mol. The first-order valence-electron chi connectivity index (χ1n) is 8.66. The first kappa shape index (κ1) is 18.8. The molecule has 3 heterocycles. The Kier molecular flexibility index (Phi) is 5.32. The van der Waals surface area contributed by atoms with Crippen LogP contribution in [0.25, 0.3) is 21.0 Å². The van der Waals surface area contributed by atoms with Crippen LogP contribution in [0, 0.1) is 12.7 Å². The maximum Gasteiger partial charge on any atom is 0.332 e. The van der Waals surface area contributed by atoms with Gasteiger partial charge in [-0.1, -0.05) is 6.92 Å². The van der Waals surface area contributed by atoms with E-state index in [0.717, 1.165) is 41.7 Å². The van der Waals surface area contributed by atoms with E-state index in [2.05, 4.69) is 29.1 Å². The number of hydrogen-bond acceptors (Lipinski definition) is 4. The van der Waals surface area contributed by atoms with E-state index >= 15 is 0 Å². The number of carboxylic acid groups (broad SMARTS) is 1. The van der Waals surface area contributed by atoms with E-state index in [9.17, 15) is 9.18 Å². The Morgan fingerprint density at radius 3 is 2.77 bits per heavy atom. The highest BCUT2D eigenvalue weighted by Gasteiger charge is 2.23. The Bertz CT molecular complexity index is 961. The molecule has 0 saturated carbocycles. The number of nitrogens with zero attached hydrogens (tertiary/aromatic N) is 1. The zero-order valence-electron chi connectivity index (χ0n) is 15.1. The Morgan fingerprint density at radius 1 is 1.46 bits per heavy atom. The van der Waals surface area contributed by atoms with Crippen LogP contribution in [0.3, 0.4) is 0 Å². The predicted molar refractivity (Wildman–Crippen MR) is 102 cm³/mol. The first-order chi connectivity index (χ1) is 12.3. The summed E-state index contributed by atoms with van der Waals surface area (Å²) in [4.78, 5) is 15.3. The average molecular weight is 378 g/mol. The number of aromatic amines is 1. The summed E-state index contributed by atoms with van der Waals surface area (Å²) in [6.07, 6.45) is -0.200. The number of carbonyl (C=O) groups is 1. The van der Waals surface area contributed by atoms with Gasteiger partial charge in [-0.2, -0.15) is 0 Å². The van der Waals surface area contributed by atoms with Gasteiger partial charge in [0.1, 0.15) is 11.9 Å². The number of benzene rings is 1. The molecule has 0 radical (unpaired) electrons. The van der Waals surface area contributed by atoms with Gasteiger partial charge < -0.3 is 15.2 Å². The number of aliphatic carboxylic acids is 1. The number of aryl methyl sites for hydroxylation is 1. The summed E-state index contributed by atoms with van der Waals surface area (Å²) in [6, 6.07) is 1.67. The summed E-state index contributed by atoms with van der Waals surface area (Å²) in [7, 11) is 0. The number of aliphatic hydroxyl groups is 1. The molecule has 1 unspecified atom stereocenters. The smallest absolute Gasteiger partial charge is 0.332 e. The second-order valence-electron chi connectivity index (χ2n) is 6.62. The van der Waals surface area contributed by atoms with Gasteiger partial charge in [-0.25, -0.2) is 9.18 Å². The van der Waals surface area contributed by atoms with Crippen LogP contribution in [0.4, 0.5) is 4.39 Å². The number of nitrogens with one attached hydrogen (secondary N) is 1. The number of hydrogen-bond donors (Lipinski definition) is 3. The second kappa shape index (κ2) is 7.34. The Balaban J connectivity index is 0.000000286. The molecule has 3 N–H and O–H groups in total. The minimum absolute atomic E-state index is 0.100. The fraction of sp³-hybridized carbons (Fsp3) is 0.421. The molecule has 0 fully saturated rings. The largest absolute Gasteiger partial charge is 0.479 e. The predicted octanol–water partition coefficient (Wildman–Crippen LogP) is 3.66. The number of halogens is 1. The van der Waals surface area contributed by atoms with Crippen LogP contribution in [0.1, 0.15) is 30.7 Å². The van der Waals surface area contributed by atoms with Gasteiger partial charge in [0.05, 0.1) is 4.70 Å². The van der Waals surface area contributed by atoms with Gasteiger partial charge in [-0.05, 0) is 43.0 Å². The molecule has 5 nitrogen and oxygen atoms in total. The van der Waals surface area contributed by atoms with Crippen molar-refractivity contribution in [3.05, 3.63) is 34.1 Å². The summed E-state index contributed by atoms with van der Waals surface area (Å²) >= 11 is 1.51. The van der Waals surface area contributed by atoms with Crippen molar-refractivity contribution >= 4 is 38.3 Å². The molecule has 140 valence electrons. The SMILES string of the molecule is CC(O)C(=O)O.CCN1CCc2[nH]c3cc(F)c4scc(C)c4c3c2C1. The van der Waals surface area contributed by atoms with Crippen LogP contribution in [0.15, 0.2) is 11.4 Å². The zero-order chi connectivity index (χ0) is 19.0. The van der Waals surface area contributed by atoms with Crippen molar-refractivity contribution in [1.29, 1.82) is 0 Å². The van der Waals surface area contributed by atoms with Gasteiger partial charge in [-0.3, -0.25) is 4.90 Å². The van der Waals surface area contributed by atoms with Crippen molar-refractivity contribution in [3.8, 4) is 0 Å². The fourth-order valence-electron chi connectivity index (χ4n) is 3.36. The number of thiophene rings is 1. The zero-order valence-corrected chi connectivity index (χ0v) is 15.9. The molecule has 3 aromatic rings. The standard InChI is InChI=1S/C16H17FN2S.C3H6O3/c1-3-19-5-4-12-10(7-19)15-13(18-12)6-11(17)16-14(15)9(2)8-20-16;1-2(4)3(5)6/h6,8,18H,3-5,7H2,1-2H3;2,4H,1H3,(H,5,6). The molecule has 0 amide bonds. The van der Waals surface area contributed by atoms with Crippen molar-refractivity contribution in [3.63, 3.8) is 0 Å². The maximum atomic E-state index is 14.2. The molecule has 0 spiro atoms. The van der Waals surface area contributed by atoms with E-state index in [4.69, 9.17) is 10.2 Å². The lowest BCUT2D eigenvalue weighted by molar-refractivity contribution is -0.145. The van der Waals surface area contributed by atoms with Crippen LogP contribution in [-0.4, -0.2) is 45.3 Å². The molecule has 0 aliphatic carbocycles. The maximum absolute atomic E-state index is 14.2. The third-order valence-electron chi connectivity index (χ3n) is 4.80. The Labute approximate surface area is 155 Å². The van der Waals surface area contributed by atoms with Gasteiger partial charge in [-0.15, -0.1) is 11.3 Å². The molecule has 0 saturated heterocycles. The van der Waals surface area contributed by atoms with E-state index in [-0.39, 0.29) is 5.82 Å². The first-order valence-corrected chi connectivity index (χ1v) is 9.54. The van der Waals surface area contributed by atoms with Crippen molar-refractivity contribution in [2.24, 2.45) is 0 Å². The third kappa shape index (κ3) is 3.34. The monoisotopic (exact) mass is 378 g/mol. The van der Waals surface area contributed by atoms with Gasteiger partial charge in [0.15, 0.2) is 0 Å². The van der Waals surface area contributed by atoms with Crippen LogP contribution < -0.4 is 0 Å². The summed E-state index contributed by atoms with van der Waals surface area (Å²) in [6.45, 7) is 8.61. The van der Waals surface area contributed by atoms with Crippen molar-refractivity contribution in [2.75, 3.05) is 13.1 Å². The Morgan fingerprint density at radius 2 is 2.15 bits per heavy atom. The normalized spacial score (nSPS) is 15.6. The Hall–Kier alpha value is -1.96. The lowest BCUT2D eigenvalue weighted by Crippen LogP contribution is -2.29.